The van der Waals surface area contributed by atoms with Gasteiger partial charge in [0.05, 0.1) is 0 Å². The first-order valence-corrected chi connectivity index (χ1v) is 7.58. The van der Waals surface area contributed by atoms with E-state index in [2.05, 4.69) is 9.88 Å². The van der Waals surface area contributed by atoms with Gasteiger partial charge in [-0.15, -0.1) is 11.3 Å². The Morgan fingerprint density at radius 2 is 2.21 bits per heavy atom. The standard InChI is InChI=1S/C13H13Cl2N3S/c14-9-3-8-6-18(2-1-11(8)12(15)4-9)7-10-5-17-13(16)19-10/h3-5H,1-2,6-7H2,(H2,16,17). The number of anilines is 1. The molecule has 0 fully saturated rings. The maximum atomic E-state index is 6.23. The summed E-state index contributed by atoms with van der Waals surface area (Å²) in [4.78, 5) is 7.63. The Bertz CT molecular complexity index is 612. The van der Waals surface area contributed by atoms with Crippen LogP contribution in [0.5, 0.6) is 0 Å². The highest BCUT2D eigenvalue weighted by atomic mass is 35.5. The van der Waals surface area contributed by atoms with Crippen molar-refractivity contribution < 1.29 is 0 Å². The zero-order valence-electron chi connectivity index (χ0n) is 10.2. The summed E-state index contributed by atoms with van der Waals surface area (Å²) in [7, 11) is 0. The van der Waals surface area contributed by atoms with E-state index in [0.717, 1.165) is 31.1 Å². The number of aromatic nitrogens is 1. The summed E-state index contributed by atoms with van der Waals surface area (Å²) in [5.41, 5.74) is 8.11. The van der Waals surface area contributed by atoms with Gasteiger partial charge < -0.3 is 5.73 Å². The van der Waals surface area contributed by atoms with Crippen LogP contribution in [-0.4, -0.2) is 16.4 Å². The molecule has 1 aromatic carbocycles. The molecule has 19 heavy (non-hydrogen) atoms. The van der Waals surface area contributed by atoms with Gasteiger partial charge in [-0.25, -0.2) is 4.98 Å². The van der Waals surface area contributed by atoms with Gasteiger partial charge in [-0.1, -0.05) is 23.2 Å². The van der Waals surface area contributed by atoms with E-state index in [0.29, 0.717) is 10.2 Å². The Hall–Kier alpha value is -0.810. The topological polar surface area (TPSA) is 42.1 Å². The predicted octanol–water partition coefficient (Wildman–Crippen LogP) is 3.59. The molecule has 2 N–H and O–H groups in total. The van der Waals surface area contributed by atoms with Gasteiger partial charge in [-0.3, -0.25) is 4.90 Å². The Morgan fingerprint density at radius 1 is 1.37 bits per heavy atom. The summed E-state index contributed by atoms with van der Waals surface area (Å²) in [5.74, 6) is 0. The van der Waals surface area contributed by atoms with Crippen molar-refractivity contribution in [2.45, 2.75) is 19.5 Å². The number of rotatable bonds is 2. The highest BCUT2D eigenvalue weighted by molar-refractivity contribution is 7.15. The lowest BCUT2D eigenvalue weighted by Crippen LogP contribution is -2.29. The van der Waals surface area contributed by atoms with Crippen LogP contribution in [0.2, 0.25) is 10.0 Å². The Balaban J connectivity index is 1.78. The van der Waals surface area contributed by atoms with Crippen LogP contribution in [0.3, 0.4) is 0 Å². The van der Waals surface area contributed by atoms with Crippen molar-refractivity contribution in [1.82, 2.24) is 9.88 Å². The van der Waals surface area contributed by atoms with Crippen LogP contribution in [0.25, 0.3) is 0 Å². The summed E-state index contributed by atoms with van der Waals surface area (Å²) in [6.07, 6.45) is 2.81. The van der Waals surface area contributed by atoms with Crippen molar-refractivity contribution in [2.24, 2.45) is 0 Å². The van der Waals surface area contributed by atoms with Crippen molar-refractivity contribution in [1.29, 1.82) is 0 Å². The van der Waals surface area contributed by atoms with E-state index in [4.69, 9.17) is 28.9 Å². The molecule has 0 radical (unpaired) electrons. The molecule has 1 aromatic heterocycles. The number of halogens is 2. The first kappa shape index (κ1) is 13.2. The highest BCUT2D eigenvalue weighted by Gasteiger charge is 2.19. The minimum atomic E-state index is 0.624. The summed E-state index contributed by atoms with van der Waals surface area (Å²) in [6.45, 7) is 2.73. The molecule has 0 unspecified atom stereocenters. The van der Waals surface area contributed by atoms with Gasteiger partial charge in [0.2, 0.25) is 0 Å². The third-order valence-electron chi connectivity index (χ3n) is 3.28. The molecular formula is C13H13Cl2N3S. The van der Waals surface area contributed by atoms with Crippen molar-refractivity contribution in [2.75, 3.05) is 12.3 Å². The molecular weight excluding hydrogens is 301 g/mol. The van der Waals surface area contributed by atoms with Crippen LogP contribution in [0, 0.1) is 0 Å². The van der Waals surface area contributed by atoms with Gasteiger partial charge in [0, 0.05) is 40.8 Å². The number of fused-ring (bicyclic) bond motifs is 1. The number of nitrogen functional groups attached to an aromatic ring is 1. The summed E-state index contributed by atoms with van der Waals surface area (Å²) in [5, 5.41) is 2.11. The lowest BCUT2D eigenvalue weighted by atomic mass is 10.00. The summed E-state index contributed by atoms with van der Waals surface area (Å²) < 4.78 is 0. The van der Waals surface area contributed by atoms with Gasteiger partial charge in [-0.2, -0.15) is 0 Å². The number of hydrogen-bond acceptors (Lipinski definition) is 4. The van der Waals surface area contributed by atoms with E-state index >= 15 is 0 Å². The lowest BCUT2D eigenvalue weighted by molar-refractivity contribution is 0.247. The van der Waals surface area contributed by atoms with Crippen LogP contribution in [0.1, 0.15) is 16.0 Å². The lowest BCUT2D eigenvalue weighted by Gasteiger charge is -2.29. The molecule has 0 spiro atoms. The fraction of sp³-hybridized carbons (Fsp3) is 0.308. The Labute approximate surface area is 126 Å². The maximum Gasteiger partial charge on any atom is 0.180 e. The highest BCUT2D eigenvalue weighted by Crippen LogP contribution is 2.30. The summed E-state index contributed by atoms with van der Waals surface area (Å²) in [6, 6.07) is 3.83. The smallest absolute Gasteiger partial charge is 0.180 e. The van der Waals surface area contributed by atoms with Gasteiger partial charge in [0.15, 0.2) is 5.13 Å². The van der Waals surface area contributed by atoms with Crippen LogP contribution in [0.15, 0.2) is 18.3 Å². The molecule has 0 aliphatic carbocycles. The van der Waals surface area contributed by atoms with Crippen LogP contribution in [-0.2, 0) is 19.5 Å². The number of nitrogens with two attached hydrogens (primary N) is 1. The van der Waals surface area contributed by atoms with E-state index in [1.54, 1.807) is 11.3 Å². The average molecular weight is 314 g/mol. The van der Waals surface area contributed by atoms with Crippen molar-refractivity contribution in [3.8, 4) is 0 Å². The van der Waals surface area contributed by atoms with Crippen LogP contribution >= 0.6 is 34.5 Å². The Kier molecular flexibility index (Phi) is 3.67. The van der Waals surface area contributed by atoms with Gasteiger partial charge in [0.25, 0.3) is 0 Å². The van der Waals surface area contributed by atoms with Crippen molar-refractivity contribution >= 4 is 39.7 Å². The van der Waals surface area contributed by atoms with E-state index in [9.17, 15) is 0 Å². The first-order valence-electron chi connectivity index (χ1n) is 6.01. The van der Waals surface area contributed by atoms with Crippen LogP contribution < -0.4 is 5.73 Å². The van der Waals surface area contributed by atoms with E-state index in [1.165, 1.54) is 16.0 Å². The molecule has 0 atom stereocenters. The summed E-state index contributed by atoms with van der Waals surface area (Å²) >= 11 is 13.8. The molecule has 2 aromatic rings. The monoisotopic (exact) mass is 313 g/mol. The Morgan fingerprint density at radius 3 is 2.95 bits per heavy atom. The molecule has 1 aliphatic rings. The second-order valence-corrected chi connectivity index (χ2v) is 6.64. The molecule has 100 valence electrons. The zero-order valence-corrected chi connectivity index (χ0v) is 12.5. The average Bonchev–Trinajstić information content (AvgIpc) is 2.74. The molecule has 3 rings (SSSR count). The third-order valence-corrected chi connectivity index (χ3v) is 4.64. The minimum Gasteiger partial charge on any atom is -0.375 e. The van der Waals surface area contributed by atoms with Gasteiger partial charge >= 0.3 is 0 Å². The normalized spacial score (nSPS) is 15.5. The molecule has 3 nitrogen and oxygen atoms in total. The fourth-order valence-electron chi connectivity index (χ4n) is 2.42. The maximum absolute atomic E-state index is 6.23. The predicted molar refractivity (Wildman–Crippen MR) is 80.8 cm³/mol. The molecule has 1 aliphatic heterocycles. The van der Waals surface area contributed by atoms with Crippen molar-refractivity contribution in [3.63, 3.8) is 0 Å². The third kappa shape index (κ3) is 2.87. The second-order valence-electron chi connectivity index (χ2n) is 4.65. The second kappa shape index (κ2) is 5.29. The van der Waals surface area contributed by atoms with Crippen LogP contribution in [0.4, 0.5) is 5.13 Å². The number of benzene rings is 1. The van der Waals surface area contributed by atoms with Gasteiger partial charge in [-0.05, 0) is 29.7 Å². The number of hydrogen-bond donors (Lipinski definition) is 1. The minimum absolute atomic E-state index is 0.624. The fourth-order valence-corrected chi connectivity index (χ4v) is 3.78. The van der Waals surface area contributed by atoms with E-state index < -0.39 is 0 Å². The zero-order chi connectivity index (χ0) is 13.4. The molecule has 0 amide bonds. The van der Waals surface area contributed by atoms with E-state index in [-0.39, 0.29) is 0 Å². The van der Waals surface area contributed by atoms with Gasteiger partial charge in [0.1, 0.15) is 0 Å². The largest absolute Gasteiger partial charge is 0.375 e. The number of thiazole rings is 1. The first-order chi connectivity index (χ1) is 9.11. The molecule has 2 heterocycles. The molecule has 0 saturated heterocycles. The van der Waals surface area contributed by atoms with Crippen molar-refractivity contribution in [3.05, 3.63) is 44.4 Å². The quantitative estimate of drug-likeness (QED) is 0.921. The molecule has 0 bridgehead atoms. The van der Waals surface area contributed by atoms with E-state index in [1.807, 2.05) is 18.3 Å². The molecule has 0 saturated carbocycles. The molecule has 6 heteroatoms. The number of nitrogens with zero attached hydrogens (tertiary/aromatic N) is 2. The SMILES string of the molecule is Nc1ncc(CN2CCc3c(Cl)cc(Cl)cc3C2)s1.